The molecule has 1 amide bonds. The minimum atomic E-state index is -0.0340. The maximum Gasteiger partial charge on any atom is 0.234 e. The lowest BCUT2D eigenvalue weighted by molar-refractivity contribution is -0.122. The molecule has 4 heteroatoms. The molecule has 2 N–H and O–H groups in total. The maximum atomic E-state index is 11.8. The smallest absolute Gasteiger partial charge is 0.234 e. The van der Waals surface area contributed by atoms with E-state index in [2.05, 4.69) is 17.1 Å². The molecule has 1 aliphatic heterocycles. The van der Waals surface area contributed by atoms with Gasteiger partial charge in [0, 0.05) is 13.2 Å². The quantitative estimate of drug-likeness (QED) is 0.691. The van der Waals surface area contributed by atoms with Crippen molar-refractivity contribution in [1.29, 1.82) is 0 Å². The third kappa shape index (κ3) is 6.92. The summed E-state index contributed by atoms with van der Waals surface area (Å²) in [5, 5.41) is 12.1. The summed E-state index contributed by atoms with van der Waals surface area (Å²) in [6.07, 6.45) is 4.28. The molecular weight excluding hydrogens is 240 g/mol. The summed E-state index contributed by atoms with van der Waals surface area (Å²) in [4.78, 5) is 14.0. The lowest BCUT2D eigenvalue weighted by atomic mass is 9.89. The molecule has 0 unspecified atom stereocenters. The Hall–Kier alpha value is -0.610. The number of carbonyl (C=O) groups excluding carboxylic acids is 1. The van der Waals surface area contributed by atoms with Crippen LogP contribution in [0.2, 0.25) is 0 Å². The zero-order valence-electron chi connectivity index (χ0n) is 12.7. The molecule has 0 spiro atoms. The molecule has 1 aliphatic rings. The molecule has 0 aromatic carbocycles. The Morgan fingerprint density at radius 1 is 1.37 bits per heavy atom. The summed E-state index contributed by atoms with van der Waals surface area (Å²) in [6.45, 7) is 9.92. The van der Waals surface area contributed by atoms with Crippen molar-refractivity contribution in [3.05, 3.63) is 0 Å². The average Bonchev–Trinajstić information content (AvgIpc) is 2.38. The Bertz CT molecular complexity index is 271. The molecule has 1 saturated heterocycles. The number of likely N-dealkylation sites (tertiary alicyclic amines) is 1. The number of piperidine rings is 1. The van der Waals surface area contributed by atoms with Crippen molar-refractivity contribution in [2.24, 2.45) is 11.3 Å². The maximum absolute atomic E-state index is 11.8. The molecule has 0 bridgehead atoms. The van der Waals surface area contributed by atoms with Crippen molar-refractivity contribution < 1.29 is 9.90 Å². The first kappa shape index (κ1) is 16.4. The fourth-order valence-electron chi connectivity index (χ4n) is 2.35. The first-order valence-electron chi connectivity index (χ1n) is 7.53. The lowest BCUT2D eigenvalue weighted by Gasteiger charge is -2.29. The van der Waals surface area contributed by atoms with Gasteiger partial charge in [0.15, 0.2) is 0 Å². The average molecular weight is 270 g/mol. The van der Waals surface area contributed by atoms with Crippen molar-refractivity contribution in [2.45, 2.75) is 46.5 Å². The van der Waals surface area contributed by atoms with Crippen LogP contribution < -0.4 is 5.32 Å². The molecule has 4 nitrogen and oxygen atoms in total. The Labute approximate surface area is 117 Å². The van der Waals surface area contributed by atoms with Gasteiger partial charge in [-0.05, 0) is 50.1 Å². The van der Waals surface area contributed by atoms with Gasteiger partial charge < -0.3 is 10.4 Å². The molecule has 0 saturated carbocycles. The van der Waals surface area contributed by atoms with Gasteiger partial charge in [-0.3, -0.25) is 9.69 Å². The van der Waals surface area contributed by atoms with Gasteiger partial charge in [-0.2, -0.15) is 0 Å². The highest BCUT2D eigenvalue weighted by Gasteiger charge is 2.18. The predicted octanol–water partition coefficient (Wildman–Crippen LogP) is 1.63. The molecular formula is C15H30N2O2. The van der Waals surface area contributed by atoms with Crippen LogP contribution in [0.15, 0.2) is 0 Å². The highest BCUT2D eigenvalue weighted by molar-refractivity contribution is 5.77. The Morgan fingerprint density at radius 3 is 2.58 bits per heavy atom. The van der Waals surface area contributed by atoms with Crippen LogP contribution in [0.4, 0.5) is 0 Å². The highest BCUT2D eigenvalue weighted by Crippen LogP contribution is 2.20. The van der Waals surface area contributed by atoms with Gasteiger partial charge in [0.05, 0.1) is 6.54 Å². The zero-order chi connectivity index (χ0) is 14.3. The van der Waals surface area contributed by atoms with Gasteiger partial charge in [-0.25, -0.2) is 0 Å². The minimum Gasteiger partial charge on any atom is -0.396 e. The van der Waals surface area contributed by atoms with E-state index in [4.69, 9.17) is 5.11 Å². The van der Waals surface area contributed by atoms with E-state index in [1.807, 2.05) is 13.8 Å². The first-order chi connectivity index (χ1) is 8.93. The molecule has 0 radical (unpaired) electrons. The highest BCUT2D eigenvalue weighted by atomic mass is 16.3. The number of amides is 1. The van der Waals surface area contributed by atoms with E-state index in [0.29, 0.717) is 13.1 Å². The summed E-state index contributed by atoms with van der Waals surface area (Å²) in [6, 6.07) is 0. The van der Waals surface area contributed by atoms with Crippen LogP contribution in [0.3, 0.4) is 0 Å². The van der Waals surface area contributed by atoms with E-state index in [1.165, 1.54) is 12.8 Å². The molecule has 0 atom stereocenters. The topological polar surface area (TPSA) is 52.6 Å². The number of rotatable bonds is 7. The second kappa shape index (κ2) is 7.85. The van der Waals surface area contributed by atoms with Crippen molar-refractivity contribution in [2.75, 3.05) is 32.8 Å². The van der Waals surface area contributed by atoms with E-state index in [9.17, 15) is 4.79 Å². The monoisotopic (exact) mass is 270 g/mol. The summed E-state index contributed by atoms with van der Waals surface area (Å²) in [5.74, 6) is 0.941. The second-order valence-electron chi connectivity index (χ2n) is 6.73. The summed E-state index contributed by atoms with van der Waals surface area (Å²) in [5.41, 5.74) is -0.0340. The largest absolute Gasteiger partial charge is 0.396 e. The van der Waals surface area contributed by atoms with Crippen LogP contribution in [0.1, 0.15) is 46.5 Å². The van der Waals surface area contributed by atoms with Crippen molar-refractivity contribution in [1.82, 2.24) is 10.2 Å². The van der Waals surface area contributed by atoms with E-state index in [-0.39, 0.29) is 17.9 Å². The molecule has 112 valence electrons. The number of hydrogen-bond acceptors (Lipinski definition) is 3. The molecule has 0 aromatic rings. The summed E-state index contributed by atoms with van der Waals surface area (Å²) < 4.78 is 0. The number of aliphatic hydroxyl groups is 1. The molecule has 1 fully saturated rings. The number of aliphatic hydroxyl groups excluding tert-OH is 1. The second-order valence-corrected chi connectivity index (χ2v) is 6.73. The minimum absolute atomic E-state index is 0.0340. The third-order valence-corrected chi connectivity index (χ3v) is 4.02. The first-order valence-corrected chi connectivity index (χ1v) is 7.53. The molecule has 19 heavy (non-hydrogen) atoms. The molecule has 1 heterocycles. The fourth-order valence-corrected chi connectivity index (χ4v) is 2.35. The Balaban J connectivity index is 2.08. The third-order valence-electron chi connectivity index (χ3n) is 4.02. The number of nitrogens with one attached hydrogen (secondary N) is 1. The van der Waals surface area contributed by atoms with Crippen LogP contribution in [0.25, 0.3) is 0 Å². The number of hydrogen-bond donors (Lipinski definition) is 2. The molecule has 1 rings (SSSR count). The van der Waals surface area contributed by atoms with E-state index in [0.717, 1.165) is 31.8 Å². The molecule has 0 aromatic heterocycles. The van der Waals surface area contributed by atoms with Crippen LogP contribution in [-0.4, -0.2) is 48.7 Å². The SMILES string of the molecule is CC1CCN(CC(=O)NCCCC(C)(C)CO)CC1. The molecule has 0 aliphatic carbocycles. The van der Waals surface area contributed by atoms with Crippen LogP contribution in [-0.2, 0) is 4.79 Å². The summed E-state index contributed by atoms with van der Waals surface area (Å²) >= 11 is 0. The number of nitrogens with zero attached hydrogens (tertiary/aromatic N) is 1. The van der Waals surface area contributed by atoms with Crippen LogP contribution in [0.5, 0.6) is 0 Å². The van der Waals surface area contributed by atoms with E-state index < -0.39 is 0 Å². The van der Waals surface area contributed by atoms with Gasteiger partial charge >= 0.3 is 0 Å². The summed E-state index contributed by atoms with van der Waals surface area (Å²) in [7, 11) is 0. The van der Waals surface area contributed by atoms with E-state index >= 15 is 0 Å². The van der Waals surface area contributed by atoms with Gasteiger partial charge in [-0.1, -0.05) is 20.8 Å². The van der Waals surface area contributed by atoms with Crippen molar-refractivity contribution in [3.8, 4) is 0 Å². The number of carbonyl (C=O) groups is 1. The zero-order valence-corrected chi connectivity index (χ0v) is 12.7. The van der Waals surface area contributed by atoms with Crippen molar-refractivity contribution >= 4 is 5.91 Å². The van der Waals surface area contributed by atoms with E-state index in [1.54, 1.807) is 0 Å². The predicted molar refractivity (Wildman–Crippen MR) is 77.9 cm³/mol. The van der Waals surface area contributed by atoms with Gasteiger partial charge in [0.25, 0.3) is 0 Å². The fraction of sp³-hybridized carbons (Fsp3) is 0.933. The lowest BCUT2D eigenvalue weighted by Crippen LogP contribution is -2.41. The van der Waals surface area contributed by atoms with Crippen LogP contribution >= 0.6 is 0 Å². The van der Waals surface area contributed by atoms with Gasteiger partial charge in [0.1, 0.15) is 0 Å². The standard InChI is InChI=1S/C15H30N2O2/c1-13-5-9-17(10-6-13)11-14(19)16-8-4-7-15(2,3)12-18/h13,18H,4-12H2,1-3H3,(H,16,19). The van der Waals surface area contributed by atoms with Gasteiger partial charge in [0.2, 0.25) is 5.91 Å². The van der Waals surface area contributed by atoms with Crippen molar-refractivity contribution in [3.63, 3.8) is 0 Å². The Morgan fingerprint density at radius 2 is 2.00 bits per heavy atom. The Kier molecular flexibility index (Phi) is 6.80. The van der Waals surface area contributed by atoms with Crippen LogP contribution in [0, 0.1) is 11.3 Å². The normalized spacial score (nSPS) is 18.5. The van der Waals surface area contributed by atoms with Gasteiger partial charge in [-0.15, -0.1) is 0 Å².